The van der Waals surface area contributed by atoms with Gasteiger partial charge in [0.05, 0.1) is 21.7 Å². The maximum Gasteiger partial charge on any atom is 0.416 e. The van der Waals surface area contributed by atoms with Crippen LogP contribution in [0.1, 0.15) is 42.9 Å². The van der Waals surface area contributed by atoms with E-state index in [-0.39, 0.29) is 11.1 Å². The van der Waals surface area contributed by atoms with Gasteiger partial charge in [-0.2, -0.15) is 13.2 Å². The molecule has 0 radical (unpaired) electrons. The molecule has 7 heteroatoms. The van der Waals surface area contributed by atoms with Crippen molar-refractivity contribution >= 4 is 44.7 Å². The first-order chi connectivity index (χ1) is 13.8. The first-order valence-electron chi connectivity index (χ1n) is 9.58. The smallest absolute Gasteiger partial charge is 0.388 e. The minimum absolute atomic E-state index is 0.175. The zero-order chi connectivity index (χ0) is 20.8. The molecule has 0 amide bonds. The molecule has 154 valence electrons. The number of alkyl halides is 3. The van der Waals surface area contributed by atoms with E-state index in [4.69, 9.17) is 23.2 Å². The molecular formula is C22H20Cl2F3NO. The Labute approximate surface area is 176 Å². The molecule has 1 aliphatic rings. The van der Waals surface area contributed by atoms with Crippen LogP contribution in [-0.4, -0.2) is 17.7 Å². The number of hydrogen-bond donors (Lipinski definition) is 2. The third-order valence-electron chi connectivity index (χ3n) is 5.66. The molecule has 0 bridgehead atoms. The summed E-state index contributed by atoms with van der Waals surface area (Å²) in [5.74, 6) is 0. The number of aliphatic hydroxyl groups is 1. The largest absolute Gasteiger partial charge is 0.416 e. The predicted octanol–water partition coefficient (Wildman–Crippen LogP) is 6.88. The minimum atomic E-state index is -4.46. The Kier molecular flexibility index (Phi) is 5.68. The van der Waals surface area contributed by atoms with Crippen molar-refractivity contribution in [1.29, 1.82) is 0 Å². The Bertz CT molecular complexity index is 1060. The summed E-state index contributed by atoms with van der Waals surface area (Å²) in [6, 6.07) is 8.80. The Hall–Kier alpha value is -1.53. The van der Waals surface area contributed by atoms with Crippen molar-refractivity contribution in [3.8, 4) is 0 Å². The lowest BCUT2D eigenvalue weighted by Gasteiger charge is -2.26. The van der Waals surface area contributed by atoms with Crippen LogP contribution in [-0.2, 0) is 6.18 Å². The molecule has 1 heterocycles. The van der Waals surface area contributed by atoms with E-state index in [2.05, 4.69) is 5.32 Å². The highest BCUT2D eigenvalue weighted by molar-refractivity contribution is 6.45. The van der Waals surface area contributed by atoms with Gasteiger partial charge in [0.25, 0.3) is 0 Å². The number of nitrogens with one attached hydrogen (secondary N) is 1. The second-order valence-corrected chi connectivity index (χ2v) is 8.36. The highest BCUT2D eigenvalue weighted by Gasteiger charge is 2.31. The summed E-state index contributed by atoms with van der Waals surface area (Å²) in [6.07, 6.45) is -1.63. The van der Waals surface area contributed by atoms with Gasteiger partial charge in [-0.15, -0.1) is 0 Å². The quantitative estimate of drug-likeness (QED) is 0.433. The van der Waals surface area contributed by atoms with Crippen molar-refractivity contribution in [2.24, 2.45) is 0 Å². The molecule has 1 saturated heterocycles. The van der Waals surface area contributed by atoms with Gasteiger partial charge in [-0.1, -0.05) is 41.8 Å². The van der Waals surface area contributed by atoms with Gasteiger partial charge >= 0.3 is 6.18 Å². The zero-order valence-electron chi connectivity index (χ0n) is 15.5. The number of benzene rings is 3. The molecule has 29 heavy (non-hydrogen) atoms. The Morgan fingerprint density at radius 1 is 1.00 bits per heavy atom. The highest BCUT2D eigenvalue weighted by atomic mass is 35.5. The lowest BCUT2D eigenvalue weighted by molar-refractivity contribution is -0.137. The summed E-state index contributed by atoms with van der Waals surface area (Å²) in [7, 11) is 0. The molecule has 0 aromatic heterocycles. The number of piperidine rings is 1. The molecule has 0 spiro atoms. The summed E-state index contributed by atoms with van der Waals surface area (Å²) in [5.41, 5.74) is -0.171. The van der Waals surface area contributed by atoms with Gasteiger partial charge in [0, 0.05) is 11.4 Å². The van der Waals surface area contributed by atoms with E-state index in [1.165, 1.54) is 6.07 Å². The molecular weight excluding hydrogens is 422 g/mol. The van der Waals surface area contributed by atoms with Crippen LogP contribution in [0.2, 0.25) is 10.0 Å². The number of halogens is 5. The molecule has 2 atom stereocenters. The summed E-state index contributed by atoms with van der Waals surface area (Å²) in [6.45, 7) is 0.909. The second kappa shape index (κ2) is 7.95. The van der Waals surface area contributed by atoms with Gasteiger partial charge in [-0.05, 0) is 71.8 Å². The Morgan fingerprint density at radius 2 is 1.76 bits per heavy atom. The highest BCUT2D eigenvalue weighted by Crippen LogP contribution is 2.41. The van der Waals surface area contributed by atoms with Crippen LogP contribution < -0.4 is 5.32 Å². The summed E-state index contributed by atoms with van der Waals surface area (Å²) in [5, 5.41) is 17.1. The van der Waals surface area contributed by atoms with Crippen LogP contribution in [0.3, 0.4) is 0 Å². The van der Waals surface area contributed by atoms with Crippen molar-refractivity contribution in [2.45, 2.75) is 44.0 Å². The van der Waals surface area contributed by atoms with E-state index in [0.717, 1.165) is 37.9 Å². The maximum atomic E-state index is 13.3. The van der Waals surface area contributed by atoms with Crippen molar-refractivity contribution in [1.82, 2.24) is 5.32 Å². The lowest BCUT2D eigenvalue weighted by atomic mass is 9.89. The van der Waals surface area contributed by atoms with E-state index in [1.54, 1.807) is 18.2 Å². The Balaban J connectivity index is 1.91. The summed E-state index contributed by atoms with van der Waals surface area (Å²) < 4.78 is 40.0. The first kappa shape index (κ1) is 20.7. The number of rotatable bonds is 3. The fourth-order valence-electron chi connectivity index (χ4n) is 4.17. The van der Waals surface area contributed by atoms with E-state index in [9.17, 15) is 18.3 Å². The second-order valence-electron chi connectivity index (χ2n) is 7.58. The SMILES string of the molecule is OC(CC1CCCCN1)c1cc2c(Cl)c(Cl)ccc2c2cc(C(F)(F)F)ccc12. The third kappa shape index (κ3) is 4.06. The molecule has 0 saturated carbocycles. The van der Waals surface area contributed by atoms with Crippen LogP contribution in [0.4, 0.5) is 13.2 Å². The lowest BCUT2D eigenvalue weighted by Crippen LogP contribution is -2.35. The fourth-order valence-corrected chi connectivity index (χ4v) is 4.55. The van der Waals surface area contributed by atoms with E-state index in [1.807, 2.05) is 0 Å². The molecule has 3 aromatic rings. The van der Waals surface area contributed by atoms with Gasteiger partial charge in [0.2, 0.25) is 0 Å². The molecule has 1 fully saturated rings. The van der Waals surface area contributed by atoms with E-state index in [0.29, 0.717) is 38.6 Å². The number of fused-ring (bicyclic) bond motifs is 3. The van der Waals surface area contributed by atoms with Crippen LogP contribution in [0.15, 0.2) is 36.4 Å². The van der Waals surface area contributed by atoms with Gasteiger partial charge in [-0.3, -0.25) is 0 Å². The number of aliphatic hydroxyl groups excluding tert-OH is 1. The van der Waals surface area contributed by atoms with Gasteiger partial charge < -0.3 is 10.4 Å². The monoisotopic (exact) mass is 441 g/mol. The number of hydrogen-bond acceptors (Lipinski definition) is 2. The van der Waals surface area contributed by atoms with Crippen LogP contribution in [0, 0.1) is 0 Å². The van der Waals surface area contributed by atoms with Crippen molar-refractivity contribution in [2.75, 3.05) is 6.54 Å². The zero-order valence-corrected chi connectivity index (χ0v) is 17.0. The maximum absolute atomic E-state index is 13.3. The van der Waals surface area contributed by atoms with Crippen molar-refractivity contribution < 1.29 is 18.3 Å². The minimum Gasteiger partial charge on any atom is -0.388 e. The van der Waals surface area contributed by atoms with Crippen molar-refractivity contribution in [3.63, 3.8) is 0 Å². The summed E-state index contributed by atoms with van der Waals surface area (Å²) in [4.78, 5) is 0. The molecule has 2 nitrogen and oxygen atoms in total. The standard InChI is InChI=1S/C22H20Cl2F3NO/c23-19-7-6-15-16-9-12(22(25,26)27)4-5-14(16)17(11-18(15)21(19)24)20(29)10-13-3-1-2-8-28-13/h4-7,9,11,13,20,28-29H,1-3,8,10H2. The van der Waals surface area contributed by atoms with E-state index >= 15 is 0 Å². The average molecular weight is 442 g/mol. The molecule has 2 unspecified atom stereocenters. The molecule has 3 aromatic carbocycles. The molecule has 0 aliphatic carbocycles. The average Bonchev–Trinajstić information content (AvgIpc) is 2.69. The van der Waals surface area contributed by atoms with Crippen molar-refractivity contribution in [3.05, 3.63) is 57.6 Å². The molecule has 4 rings (SSSR count). The first-order valence-corrected chi connectivity index (χ1v) is 10.3. The fraction of sp³-hybridized carbons (Fsp3) is 0.364. The van der Waals surface area contributed by atoms with Gasteiger partial charge in [0.15, 0.2) is 0 Å². The molecule has 1 aliphatic heterocycles. The van der Waals surface area contributed by atoms with Gasteiger partial charge in [-0.25, -0.2) is 0 Å². The molecule has 2 N–H and O–H groups in total. The van der Waals surface area contributed by atoms with Gasteiger partial charge in [0.1, 0.15) is 0 Å². The predicted molar refractivity (Wildman–Crippen MR) is 112 cm³/mol. The van der Waals surface area contributed by atoms with E-state index < -0.39 is 17.8 Å². The van der Waals surface area contributed by atoms with Crippen LogP contribution in [0.25, 0.3) is 21.5 Å². The van der Waals surface area contributed by atoms with Crippen LogP contribution in [0.5, 0.6) is 0 Å². The Morgan fingerprint density at radius 3 is 2.45 bits per heavy atom. The summed E-state index contributed by atoms with van der Waals surface area (Å²) >= 11 is 12.5. The van der Waals surface area contributed by atoms with Crippen LogP contribution >= 0.6 is 23.2 Å². The topological polar surface area (TPSA) is 32.3 Å². The normalized spacial score (nSPS) is 19.0. The third-order valence-corrected chi connectivity index (χ3v) is 6.48.